The van der Waals surface area contributed by atoms with Crippen LogP contribution in [0.5, 0.6) is 5.75 Å². The highest BCUT2D eigenvalue weighted by molar-refractivity contribution is 5.91. The van der Waals surface area contributed by atoms with Gasteiger partial charge in [0.2, 0.25) is 0 Å². The number of aryl methyl sites for hydroxylation is 2. The molecule has 0 unspecified atom stereocenters. The topological polar surface area (TPSA) is 26.3 Å². The van der Waals surface area contributed by atoms with Gasteiger partial charge in [0.05, 0.1) is 5.56 Å². The molecule has 0 bridgehead atoms. The maximum Gasteiger partial charge on any atom is 0.346 e. The number of halogens is 1. The summed E-state index contributed by atoms with van der Waals surface area (Å²) in [5, 5.41) is 0. The highest BCUT2D eigenvalue weighted by Crippen LogP contribution is 2.21. The maximum absolute atomic E-state index is 13.5. The quantitative estimate of drug-likeness (QED) is 0.616. The van der Waals surface area contributed by atoms with Crippen LogP contribution in [0.15, 0.2) is 42.5 Å². The second-order valence-corrected chi connectivity index (χ2v) is 4.32. The Morgan fingerprint density at radius 3 is 2.63 bits per heavy atom. The minimum Gasteiger partial charge on any atom is -0.423 e. The molecule has 0 radical (unpaired) electrons. The van der Waals surface area contributed by atoms with Gasteiger partial charge in [0.15, 0.2) is 0 Å². The number of hydrogen-bond donors (Lipinski definition) is 0. The summed E-state index contributed by atoms with van der Waals surface area (Å²) in [6.45, 7) is 3.87. The largest absolute Gasteiger partial charge is 0.423 e. The number of hydrogen-bond acceptors (Lipinski definition) is 2. The molecule has 2 aromatic carbocycles. The Morgan fingerprint density at radius 1 is 1.21 bits per heavy atom. The molecule has 0 atom stereocenters. The molecule has 0 N–H and O–H groups in total. The van der Waals surface area contributed by atoms with E-state index in [1.165, 1.54) is 18.2 Å². The standard InChI is InChI=1S/C16H15FO2/c1-3-12-9-8-11(2)15(10-12)19-16(18)13-6-4-5-7-14(13)17/h4-10H,3H2,1-2H3. The lowest BCUT2D eigenvalue weighted by atomic mass is 10.1. The first-order valence-electron chi connectivity index (χ1n) is 6.18. The first kappa shape index (κ1) is 13.3. The van der Waals surface area contributed by atoms with Crippen molar-refractivity contribution in [3.05, 3.63) is 65.0 Å². The number of esters is 1. The zero-order valence-electron chi connectivity index (χ0n) is 10.9. The molecule has 0 aromatic heterocycles. The van der Waals surface area contributed by atoms with Gasteiger partial charge >= 0.3 is 5.97 Å². The molecule has 98 valence electrons. The number of carbonyl (C=O) groups excluding carboxylic acids is 1. The van der Waals surface area contributed by atoms with E-state index in [0.717, 1.165) is 17.5 Å². The summed E-state index contributed by atoms with van der Waals surface area (Å²) in [5.41, 5.74) is 1.87. The van der Waals surface area contributed by atoms with Gasteiger partial charge in [-0.15, -0.1) is 0 Å². The third-order valence-corrected chi connectivity index (χ3v) is 2.96. The van der Waals surface area contributed by atoms with Gasteiger partial charge in [-0.05, 0) is 42.7 Å². The van der Waals surface area contributed by atoms with Gasteiger partial charge in [0.1, 0.15) is 11.6 Å². The molecule has 3 heteroatoms. The fourth-order valence-electron chi connectivity index (χ4n) is 1.76. The molecule has 0 aliphatic heterocycles. The Morgan fingerprint density at radius 2 is 1.95 bits per heavy atom. The van der Waals surface area contributed by atoms with Crippen molar-refractivity contribution in [2.24, 2.45) is 0 Å². The lowest BCUT2D eigenvalue weighted by molar-refractivity contribution is 0.0728. The van der Waals surface area contributed by atoms with Crippen LogP contribution in [-0.4, -0.2) is 5.97 Å². The van der Waals surface area contributed by atoms with Crippen molar-refractivity contribution in [1.82, 2.24) is 0 Å². The van der Waals surface area contributed by atoms with E-state index in [0.29, 0.717) is 5.75 Å². The van der Waals surface area contributed by atoms with E-state index in [-0.39, 0.29) is 5.56 Å². The number of carbonyl (C=O) groups is 1. The van der Waals surface area contributed by atoms with E-state index in [1.54, 1.807) is 6.07 Å². The van der Waals surface area contributed by atoms with Crippen LogP contribution in [-0.2, 0) is 6.42 Å². The molecule has 0 aliphatic carbocycles. The molecular formula is C16H15FO2. The Hall–Kier alpha value is -2.16. The Balaban J connectivity index is 2.26. The molecule has 0 spiro atoms. The van der Waals surface area contributed by atoms with Crippen LogP contribution in [0.2, 0.25) is 0 Å². The van der Waals surface area contributed by atoms with Crippen molar-refractivity contribution >= 4 is 5.97 Å². The number of rotatable bonds is 3. The van der Waals surface area contributed by atoms with Crippen molar-refractivity contribution < 1.29 is 13.9 Å². The van der Waals surface area contributed by atoms with E-state index in [1.807, 2.05) is 32.0 Å². The average molecular weight is 258 g/mol. The smallest absolute Gasteiger partial charge is 0.346 e. The fourth-order valence-corrected chi connectivity index (χ4v) is 1.76. The molecule has 0 fully saturated rings. The van der Waals surface area contributed by atoms with Crippen molar-refractivity contribution in [2.75, 3.05) is 0 Å². The Kier molecular flexibility index (Phi) is 3.95. The first-order chi connectivity index (χ1) is 9.11. The van der Waals surface area contributed by atoms with E-state index in [9.17, 15) is 9.18 Å². The lowest BCUT2D eigenvalue weighted by Gasteiger charge is -2.09. The summed E-state index contributed by atoms with van der Waals surface area (Å²) >= 11 is 0. The van der Waals surface area contributed by atoms with Crippen molar-refractivity contribution in [3.63, 3.8) is 0 Å². The molecule has 2 nitrogen and oxygen atoms in total. The number of ether oxygens (including phenoxy) is 1. The summed E-state index contributed by atoms with van der Waals surface area (Å²) in [7, 11) is 0. The van der Waals surface area contributed by atoms with Gasteiger partial charge in [-0.2, -0.15) is 0 Å². The second kappa shape index (κ2) is 5.65. The van der Waals surface area contributed by atoms with Crippen LogP contribution in [0, 0.1) is 12.7 Å². The summed E-state index contributed by atoms with van der Waals surface area (Å²) < 4.78 is 18.8. The van der Waals surface area contributed by atoms with Gasteiger partial charge < -0.3 is 4.74 Å². The predicted octanol–water partition coefficient (Wildman–Crippen LogP) is 3.92. The minimum atomic E-state index is -0.672. The first-order valence-corrected chi connectivity index (χ1v) is 6.18. The molecule has 19 heavy (non-hydrogen) atoms. The number of benzene rings is 2. The van der Waals surface area contributed by atoms with Crippen LogP contribution in [0.3, 0.4) is 0 Å². The van der Waals surface area contributed by atoms with E-state index in [4.69, 9.17) is 4.74 Å². The molecular weight excluding hydrogens is 243 g/mol. The maximum atomic E-state index is 13.5. The zero-order chi connectivity index (χ0) is 13.8. The molecule has 0 heterocycles. The Bertz CT molecular complexity index is 605. The van der Waals surface area contributed by atoms with Crippen molar-refractivity contribution in [1.29, 1.82) is 0 Å². The van der Waals surface area contributed by atoms with E-state index < -0.39 is 11.8 Å². The van der Waals surface area contributed by atoms with Crippen LogP contribution >= 0.6 is 0 Å². The predicted molar refractivity (Wildman–Crippen MR) is 71.9 cm³/mol. The lowest BCUT2D eigenvalue weighted by Crippen LogP contribution is -2.11. The summed E-state index contributed by atoms with van der Waals surface area (Å²) in [5.74, 6) is -0.765. The fraction of sp³-hybridized carbons (Fsp3) is 0.188. The average Bonchev–Trinajstić information content (AvgIpc) is 2.41. The molecule has 0 amide bonds. The van der Waals surface area contributed by atoms with Crippen LogP contribution in [0.25, 0.3) is 0 Å². The SMILES string of the molecule is CCc1ccc(C)c(OC(=O)c2ccccc2F)c1. The molecule has 0 saturated heterocycles. The van der Waals surface area contributed by atoms with Gasteiger partial charge in [-0.25, -0.2) is 9.18 Å². The van der Waals surface area contributed by atoms with Gasteiger partial charge in [0, 0.05) is 0 Å². The second-order valence-electron chi connectivity index (χ2n) is 4.32. The molecule has 2 aromatic rings. The highest BCUT2D eigenvalue weighted by Gasteiger charge is 2.14. The van der Waals surface area contributed by atoms with Crippen LogP contribution in [0.1, 0.15) is 28.4 Å². The molecule has 2 rings (SSSR count). The summed E-state index contributed by atoms with van der Waals surface area (Å²) in [6, 6.07) is 11.5. The van der Waals surface area contributed by atoms with Gasteiger partial charge in [-0.1, -0.05) is 31.2 Å². The highest BCUT2D eigenvalue weighted by atomic mass is 19.1. The normalized spacial score (nSPS) is 10.3. The Labute approximate surface area is 111 Å². The third-order valence-electron chi connectivity index (χ3n) is 2.96. The van der Waals surface area contributed by atoms with Gasteiger partial charge in [0.25, 0.3) is 0 Å². The van der Waals surface area contributed by atoms with Crippen molar-refractivity contribution in [2.45, 2.75) is 20.3 Å². The third kappa shape index (κ3) is 2.99. The van der Waals surface area contributed by atoms with Crippen LogP contribution < -0.4 is 4.74 Å². The summed E-state index contributed by atoms with van der Waals surface area (Å²) in [6.07, 6.45) is 0.852. The monoisotopic (exact) mass is 258 g/mol. The summed E-state index contributed by atoms with van der Waals surface area (Å²) in [4.78, 5) is 11.9. The van der Waals surface area contributed by atoms with Crippen molar-refractivity contribution in [3.8, 4) is 5.75 Å². The molecule has 0 aliphatic rings. The van der Waals surface area contributed by atoms with Crippen LogP contribution in [0.4, 0.5) is 4.39 Å². The molecule has 0 saturated carbocycles. The van der Waals surface area contributed by atoms with E-state index in [2.05, 4.69) is 0 Å². The minimum absolute atomic E-state index is 0.0520. The zero-order valence-corrected chi connectivity index (χ0v) is 10.9. The van der Waals surface area contributed by atoms with E-state index >= 15 is 0 Å². The van der Waals surface area contributed by atoms with Gasteiger partial charge in [-0.3, -0.25) is 0 Å².